The zero-order chi connectivity index (χ0) is 13.2. The predicted octanol–water partition coefficient (Wildman–Crippen LogP) is 2.30. The van der Waals surface area contributed by atoms with Crippen LogP contribution < -0.4 is 5.32 Å². The molecule has 0 saturated heterocycles. The van der Waals surface area contributed by atoms with Crippen molar-refractivity contribution >= 4 is 26.9 Å². The van der Waals surface area contributed by atoms with Gasteiger partial charge in [0, 0.05) is 17.3 Å². The van der Waals surface area contributed by atoms with Gasteiger partial charge in [0.15, 0.2) is 9.84 Å². The van der Waals surface area contributed by atoms with Gasteiger partial charge < -0.3 is 5.32 Å². The van der Waals surface area contributed by atoms with E-state index >= 15 is 0 Å². The highest BCUT2D eigenvalue weighted by atomic mass is 32.2. The van der Waals surface area contributed by atoms with Gasteiger partial charge in [-0.05, 0) is 18.2 Å². The van der Waals surface area contributed by atoms with Crippen molar-refractivity contribution in [2.24, 2.45) is 0 Å². The van der Waals surface area contributed by atoms with Crippen molar-refractivity contribution in [1.82, 2.24) is 4.98 Å². The number of anilines is 1. The molecule has 7 heteroatoms. The average Bonchev–Trinajstić information content (AvgIpc) is 2.79. The summed E-state index contributed by atoms with van der Waals surface area (Å²) in [6.07, 6.45) is 2.77. The van der Waals surface area contributed by atoms with Gasteiger partial charge in [0.2, 0.25) is 0 Å². The third-order valence-corrected chi connectivity index (χ3v) is 4.19. The summed E-state index contributed by atoms with van der Waals surface area (Å²) in [4.78, 5) is 4.94. The summed E-state index contributed by atoms with van der Waals surface area (Å²) >= 11 is 1.44. The summed E-state index contributed by atoms with van der Waals surface area (Å²) < 4.78 is 36.3. The molecule has 2 aromatic rings. The van der Waals surface area contributed by atoms with E-state index in [0.29, 0.717) is 6.54 Å². The molecule has 1 aromatic heterocycles. The fourth-order valence-electron chi connectivity index (χ4n) is 1.38. The number of aromatic nitrogens is 1. The number of benzene rings is 1. The van der Waals surface area contributed by atoms with Gasteiger partial charge >= 0.3 is 0 Å². The second-order valence-electron chi connectivity index (χ2n) is 3.74. The van der Waals surface area contributed by atoms with Gasteiger partial charge in [0.05, 0.1) is 22.6 Å². The predicted molar refractivity (Wildman–Crippen MR) is 69.0 cm³/mol. The maximum absolute atomic E-state index is 13.5. The topological polar surface area (TPSA) is 59.1 Å². The Hall–Kier alpha value is -1.47. The molecule has 0 bridgehead atoms. The van der Waals surface area contributed by atoms with Gasteiger partial charge in [-0.3, -0.25) is 4.98 Å². The first kappa shape index (κ1) is 13.0. The molecule has 18 heavy (non-hydrogen) atoms. The van der Waals surface area contributed by atoms with Crippen molar-refractivity contribution in [3.05, 3.63) is 40.6 Å². The van der Waals surface area contributed by atoms with Crippen molar-refractivity contribution < 1.29 is 12.8 Å². The fraction of sp³-hybridized carbons (Fsp3) is 0.182. The molecule has 2 rings (SSSR count). The number of rotatable bonds is 4. The number of halogens is 1. The second kappa shape index (κ2) is 5.03. The number of sulfone groups is 1. The van der Waals surface area contributed by atoms with E-state index in [1.54, 1.807) is 11.7 Å². The van der Waals surface area contributed by atoms with Gasteiger partial charge in [-0.15, -0.1) is 11.3 Å². The normalized spacial score (nSPS) is 11.4. The first-order valence-corrected chi connectivity index (χ1v) is 7.85. The van der Waals surface area contributed by atoms with Crippen LogP contribution in [0.25, 0.3) is 0 Å². The van der Waals surface area contributed by atoms with E-state index in [0.717, 1.165) is 17.2 Å². The van der Waals surface area contributed by atoms with E-state index < -0.39 is 15.7 Å². The summed E-state index contributed by atoms with van der Waals surface area (Å²) in [5.41, 5.74) is 1.85. The largest absolute Gasteiger partial charge is 0.378 e. The molecule has 1 aromatic carbocycles. The molecule has 0 aliphatic carbocycles. The lowest BCUT2D eigenvalue weighted by molar-refractivity contribution is 0.600. The quantitative estimate of drug-likeness (QED) is 0.876. The van der Waals surface area contributed by atoms with E-state index in [2.05, 4.69) is 10.3 Å². The Balaban J connectivity index is 2.22. The highest BCUT2D eigenvalue weighted by molar-refractivity contribution is 7.90. The number of nitrogens with zero attached hydrogens (tertiary/aromatic N) is 1. The lowest BCUT2D eigenvalue weighted by Gasteiger charge is -2.07. The van der Waals surface area contributed by atoms with Gasteiger partial charge in [0.1, 0.15) is 5.82 Å². The van der Waals surface area contributed by atoms with Crippen molar-refractivity contribution in [2.75, 3.05) is 11.6 Å². The van der Waals surface area contributed by atoms with Crippen molar-refractivity contribution in [3.63, 3.8) is 0 Å². The van der Waals surface area contributed by atoms with Crippen LogP contribution in [-0.2, 0) is 16.4 Å². The van der Waals surface area contributed by atoms with Gasteiger partial charge in [-0.1, -0.05) is 0 Å². The van der Waals surface area contributed by atoms with Crippen LogP contribution in [0.3, 0.4) is 0 Å². The summed E-state index contributed by atoms with van der Waals surface area (Å²) in [6, 6.07) is 3.69. The third kappa shape index (κ3) is 3.05. The molecule has 0 fully saturated rings. The molecule has 0 aliphatic heterocycles. The van der Waals surface area contributed by atoms with Crippen LogP contribution in [0.5, 0.6) is 0 Å². The Morgan fingerprint density at radius 2 is 2.22 bits per heavy atom. The first-order valence-electron chi connectivity index (χ1n) is 5.07. The maximum Gasteiger partial charge on any atom is 0.175 e. The van der Waals surface area contributed by atoms with Gasteiger partial charge in [-0.2, -0.15) is 0 Å². The smallest absolute Gasteiger partial charge is 0.175 e. The molecule has 96 valence electrons. The van der Waals surface area contributed by atoms with Gasteiger partial charge in [0.25, 0.3) is 0 Å². The minimum absolute atomic E-state index is 0.0932. The molecule has 0 atom stereocenters. The Morgan fingerprint density at radius 3 is 2.83 bits per heavy atom. The molecular weight excluding hydrogens is 275 g/mol. The zero-order valence-corrected chi connectivity index (χ0v) is 11.2. The molecule has 0 amide bonds. The van der Waals surface area contributed by atoms with Crippen LogP contribution >= 0.6 is 11.3 Å². The SMILES string of the molecule is CS(=O)(=O)c1ccc(F)c(NCc2cncs2)c1. The summed E-state index contributed by atoms with van der Waals surface area (Å²) in [7, 11) is -3.33. The van der Waals surface area contributed by atoms with Crippen molar-refractivity contribution in [2.45, 2.75) is 11.4 Å². The molecule has 0 radical (unpaired) electrons. The van der Waals surface area contributed by atoms with Crippen LogP contribution in [-0.4, -0.2) is 19.7 Å². The van der Waals surface area contributed by atoms with E-state index in [4.69, 9.17) is 0 Å². The maximum atomic E-state index is 13.5. The van der Waals surface area contributed by atoms with Crippen LogP contribution in [0.4, 0.5) is 10.1 Å². The Kier molecular flexibility index (Phi) is 3.63. The minimum Gasteiger partial charge on any atom is -0.378 e. The van der Waals surface area contributed by atoms with Crippen LogP contribution in [0.15, 0.2) is 34.8 Å². The van der Waals surface area contributed by atoms with Gasteiger partial charge in [-0.25, -0.2) is 12.8 Å². The molecule has 0 spiro atoms. The molecule has 0 unspecified atom stereocenters. The molecule has 4 nitrogen and oxygen atoms in total. The van der Waals surface area contributed by atoms with Crippen molar-refractivity contribution in [3.8, 4) is 0 Å². The summed E-state index contributed by atoms with van der Waals surface area (Å²) in [6.45, 7) is 0.412. The Bertz CT molecular complexity index is 639. The highest BCUT2D eigenvalue weighted by Crippen LogP contribution is 2.20. The van der Waals surface area contributed by atoms with Crippen LogP contribution in [0.2, 0.25) is 0 Å². The Morgan fingerprint density at radius 1 is 1.44 bits per heavy atom. The number of nitrogens with one attached hydrogen (secondary N) is 1. The summed E-state index contributed by atoms with van der Waals surface area (Å²) in [5, 5.41) is 2.86. The molecule has 0 aliphatic rings. The number of hydrogen-bond donors (Lipinski definition) is 1. The molecule has 1 heterocycles. The Labute approximate surface area is 108 Å². The number of hydrogen-bond acceptors (Lipinski definition) is 5. The number of thiazole rings is 1. The van der Waals surface area contributed by atoms with E-state index in [-0.39, 0.29) is 10.6 Å². The lowest BCUT2D eigenvalue weighted by atomic mass is 10.3. The highest BCUT2D eigenvalue weighted by Gasteiger charge is 2.11. The van der Waals surface area contributed by atoms with E-state index in [9.17, 15) is 12.8 Å². The standard InChI is InChI=1S/C11H11FN2O2S2/c1-18(15,16)9-2-3-10(12)11(4-9)14-6-8-5-13-7-17-8/h2-5,7,14H,6H2,1H3. The van der Waals surface area contributed by atoms with E-state index in [1.165, 1.54) is 23.5 Å². The molecule has 0 saturated carbocycles. The van der Waals surface area contributed by atoms with Crippen LogP contribution in [0.1, 0.15) is 4.88 Å². The van der Waals surface area contributed by atoms with Crippen molar-refractivity contribution in [1.29, 1.82) is 0 Å². The monoisotopic (exact) mass is 286 g/mol. The summed E-state index contributed by atoms with van der Waals surface area (Å²) in [5.74, 6) is -0.480. The lowest BCUT2D eigenvalue weighted by Crippen LogP contribution is -2.03. The third-order valence-electron chi connectivity index (χ3n) is 2.30. The van der Waals surface area contributed by atoms with Crippen LogP contribution in [0, 0.1) is 5.82 Å². The second-order valence-corrected chi connectivity index (χ2v) is 6.72. The minimum atomic E-state index is -3.33. The fourth-order valence-corrected chi connectivity index (χ4v) is 2.56. The van der Waals surface area contributed by atoms with E-state index in [1.807, 2.05) is 0 Å². The average molecular weight is 286 g/mol. The molecular formula is C11H11FN2O2S2. The first-order chi connectivity index (χ1) is 8.47. The molecule has 1 N–H and O–H groups in total. The zero-order valence-electron chi connectivity index (χ0n) is 9.55.